The minimum Gasteiger partial charge on any atom is -0.300 e. The van der Waals surface area contributed by atoms with E-state index < -0.39 is 0 Å². The molecule has 1 heterocycles. The molecule has 3 heteroatoms. The topological polar surface area (TPSA) is 20.3 Å². The van der Waals surface area contributed by atoms with Crippen molar-refractivity contribution in [3.8, 4) is 0 Å². The number of nitrogens with zero attached hydrogens (tertiary/aromatic N) is 1. The van der Waals surface area contributed by atoms with Crippen LogP contribution in [0.4, 0.5) is 0 Å². The summed E-state index contributed by atoms with van der Waals surface area (Å²) in [7, 11) is 0. The molecule has 1 saturated heterocycles. The molecule has 1 aromatic rings. The van der Waals surface area contributed by atoms with Crippen LogP contribution in [0, 0.1) is 22.7 Å². The first-order valence-corrected chi connectivity index (χ1v) is 14.9. The molecule has 2 aliphatic carbocycles. The van der Waals surface area contributed by atoms with Gasteiger partial charge in [0.25, 0.3) is 0 Å². The van der Waals surface area contributed by atoms with Gasteiger partial charge in [-0.3, -0.25) is 0 Å². The van der Waals surface area contributed by atoms with Crippen LogP contribution in [0.3, 0.4) is 0 Å². The van der Waals surface area contributed by atoms with E-state index in [2.05, 4.69) is 86.6 Å². The summed E-state index contributed by atoms with van der Waals surface area (Å²) in [6, 6.07) is 11.3. The Labute approximate surface area is 225 Å². The summed E-state index contributed by atoms with van der Waals surface area (Å²) < 4.78 is 2.72. The SMILES string of the molecule is CC(C)=O.CCC[C@H]1CCC2(Cc3ccccc3)CN(SC3=CC=C(C(C)(C)C)C=CC3)CCC2C1. The monoisotopic (exact) mass is 507 g/mol. The van der Waals surface area contributed by atoms with Crippen LogP contribution >= 0.6 is 11.9 Å². The minimum atomic E-state index is 0.167. The van der Waals surface area contributed by atoms with Crippen LogP contribution in [0.5, 0.6) is 0 Å². The summed E-state index contributed by atoms with van der Waals surface area (Å²) in [5, 5.41) is 0. The van der Waals surface area contributed by atoms with Crippen LogP contribution in [0.1, 0.15) is 92.1 Å². The largest absolute Gasteiger partial charge is 0.300 e. The maximum absolute atomic E-state index is 9.44. The first-order chi connectivity index (χ1) is 17.1. The number of hydrogen-bond donors (Lipinski definition) is 0. The van der Waals surface area contributed by atoms with Gasteiger partial charge in [-0.2, -0.15) is 0 Å². The molecule has 0 spiro atoms. The average Bonchev–Trinajstić information content (AvgIpc) is 3.06. The second-order valence-electron chi connectivity index (χ2n) is 12.4. The summed E-state index contributed by atoms with van der Waals surface area (Å²) in [5.74, 6) is 2.02. The third-order valence-electron chi connectivity index (χ3n) is 8.03. The van der Waals surface area contributed by atoms with Crippen molar-refractivity contribution >= 4 is 17.7 Å². The van der Waals surface area contributed by atoms with E-state index in [4.69, 9.17) is 0 Å². The van der Waals surface area contributed by atoms with Crippen molar-refractivity contribution in [2.24, 2.45) is 22.7 Å². The maximum Gasteiger partial charge on any atom is 0.126 e. The summed E-state index contributed by atoms with van der Waals surface area (Å²) >= 11 is 2.04. The van der Waals surface area contributed by atoms with Crippen LogP contribution in [0.15, 0.2) is 65.1 Å². The Balaban J connectivity index is 0.000000840. The number of ketones is 1. The van der Waals surface area contributed by atoms with Gasteiger partial charge in [-0.25, -0.2) is 4.31 Å². The van der Waals surface area contributed by atoms with Crippen molar-refractivity contribution in [3.05, 3.63) is 70.7 Å². The molecule has 2 fully saturated rings. The minimum absolute atomic E-state index is 0.167. The number of fused-ring (bicyclic) bond motifs is 1. The molecule has 3 atom stereocenters. The van der Waals surface area contributed by atoms with Gasteiger partial charge in [-0.15, -0.1) is 0 Å². The van der Waals surface area contributed by atoms with Crippen LogP contribution in [-0.2, 0) is 11.2 Å². The van der Waals surface area contributed by atoms with E-state index in [0.29, 0.717) is 5.41 Å². The first-order valence-electron chi connectivity index (χ1n) is 14.1. The quantitative estimate of drug-likeness (QED) is 0.358. The van der Waals surface area contributed by atoms with Gasteiger partial charge >= 0.3 is 0 Å². The Kier molecular flexibility index (Phi) is 10.7. The number of Topliss-reactive ketones (excluding diaryl/α,β-unsaturated/α-hetero) is 1. The highest BCUT2D eigenvalue weighted by Crippen LogP contribution is 2.52. The molecule has 36 heavy (non-hydrogen) atoms. The van der Waals surface area contributed by atoms with Gasteiger partial charge in [0.1, 0.15) is 5.78 Å². The van der Waals surface area contributed by atoms with Crippen LogP contribution in [-0.4, -0.2) is 23.2 Å². The molecule has 4 rings (SSSR count). The predicted octanol–water partition coefficient (Wildman–Crippen LogP) is 9.20. The molecular formula is C33H49NOS. The number of carbonyl (C=O) groups excluding carboxylic acids is 1. The molecule has 0 radical (unpaired) electrons. The Morgan fingerprint density at radius 1 is 1.11 bits per heavy atom. The molecule has 0 N–H and O–H groups in total. The fourth-order valence-electron chi connectivity index (χ4n) is 6.21. The van der Waals surface area contributed by atoms with E-state index in [1.807, 2.05) is 11.9 Å². The Morgan fingerprint density at radius 3 is 2.50 bits per heavy atom. The molecule has 0 amide bonds. The van der Waals surface area contributed by atoms with E-state index in [1.54, 1.807) is 0 Å². The molecule has 2 nitrogen and oxygen atoms in total. The van der Waals surface area contributed by atoms with E-state index in [0.717, 1.165) is 18.3 Å². The lowest BCUT2D eigenvalue weighted by molar-refractivity contribution is -0.114. The van der Waals surface area contributed by atoms with Gasteiger partial charge in [0.15, 0.2) is 0 Å². The van der Waals surface area contributed by atoms with E-state index in [1.165, 1.54) is 87.9 Å². The van der Waals surface area contributed by atoms with Gasteiger partial charge in [0, 0.05) is 18.0 Å². The normalized spacial score (nSPS) is 26.6. The van der Waals surface area contributed by atoms with Crippen molar-refractivity contribution < 1.29 is 4.79 Å². The highest BCUT2D eigenvalue weighted by Gasteiger charge is 2.46. The molecule has 2 unspecified atom stereocenters. The lowest BCUT2D eigenvalue weighted by Crippen LogP contribution is -2.50. The Morgan fingerprint density at radius 2 is 1.83 bits per heavy atom. The number of piperidine rings is 1. The molecular weight excluding hydrogens is 458 g/mol. The van der Waals surface area contributed by atoms with E-state index in [9.17, 15) is 4.79 Å². The van der Waals surface area contributed by atoms with Gasteiger partial charge in [-0.1, -0.05) is 95.2 Å². The van der Waals surface area contributed by atoms with Gasteiger partial charge in [0.2, 0.25) is 0 Å². The summed E-state index contributed by atoms with van der Waals surface area (Å²) in [6.45, 7) is 14.8. The van der Waals surface area contributed by atoms with Crippen molar-refractivity contribution in [3.63, 3.8) is 0 Å². The molecule has 1 aliphatic heterocycles. The lowest BCUT2D eigenvalue weighted by atomic mass is 9.58. The zero-order valence-electron chi connectivity index (χ0n) is 23.7. The smallest absolute Gasteiger partial charge is 0.126 e. The second-order valence-corrected chi connectivity index (χ2v) is 13.6. The number of allylic oxidation sites excluding steroid dienone is 6. The second kappa shape index (κ2) is 13.3. The van der Waals surface area contributed by atoms with Crippen molar-refractivity contribution in [2.45, 2.75) is 92.9 Å². The van der Waals surface area contributed by atoms with Crippen molar-refractivity contribution in [1.29, 1.82) is 0 Å². The zero-order chi connectivity index (χ0) is 26.2. The molecule has 3 aliphatic rings. The molecule has 1 aromatic carbocycles. The first kappa shape index (κ1) is 29.0. The highest BCUT2D eigenvalue weighted by atomic mass is 32.2. The third-order valence-corrected chi connectivity index (χ3v) is 9.13. The summed E-state index contributed by atoms with van der Waals surface area (Å²) in [5.41, 5.74) is 3.63. The van der Waals surface area contributed by atoms with E-state index >= 15 is 0 Å². The number of carbonyl (C=O) groups is 1. The average molecular weight is 508 g/mol. The highest BCUT2D eigenvalue weighted by molar-refractivity contribution is 8.00. The molecule has 0 bridgehead atoms. The molecule has 0 aromatic heterocycles. The summed E-state index contributed by atoms with van der Waals surface area (Å²) in [4.78, 5) is 10.9. The standard InChI is InChI=1S/C30H43NS.C3H6O/c1-5-10-24-17-19-30(22-25-11-7-6-8-12-25)23-31(20-18-27(30)21-24)32-28-14-9-13-26(15-16-28)29(2,3)4;1-3(2)4/h6-9,11-13,15-16,24,27H,5,10,14,17-23H2,1-4H3;1-2H3/t24-,27?,30?;/m0./s1. The Hall–Kier alpha value is -1.58. The van der Waals surface area contributed by atoms with Crippen LogP contribution in [0.2, 0.25) is 0 Å². The van der Waals surface area contributed by atoms with Crippen molar-refractivity contribution in [1.82, 2.24) is 4.31 Å². The number of benzene rings is 1. The lowest BCUT2D eigenvalue weighted by Gasteiger charge is -2.53. The third kappa shape index (κ3) is 8.48. The summed E-state index contributed by atoms with van der Waals surface area (Å²) in [6.07, 6.45) is 20.2. The van der Waals surface area contributed by atoms with Crippen LogP contribution < -0.4 is 0 Å². The predicted molar refractivity (Wildman–Crippen MR) is 158 cm³/mol. The zero-order valence-corrected chi connectivity index (χ0v) is 24.5. The van der Waals surface area contributed by atoms with E-state index in [-0.39, 0.29) is 11.2 Å². The van der Waals surface area contributed by atoms with Gasteiger partial charge in [0.05, 0.1) is 0 Å². The fraction of sp³-hybridized carbons (Fsp3) is 0.606. The maximum atomic E-state index is 9.44. The van der Waals surface area contributed by atoms with Gasteiger partial charge < -0.3 is 4.79 Å². The van der Waals surface area contributed by atoms with Crippen LogP contribution in [0.25, 0.3) is 0 Å². The van der Waals surface area contributed by atoms with Crippen molar-refractivity contribution in [2.75, 3.05) is 13.1 Å². The number of rotatable bonds is 6. The number of hydrogen-bond acceptors (Lipinski definition) is 3. The Bertz CT molecular complexity index is 934. The molecule has 198 valence electrons. The molecule has 1 saturated carbocycles. The van der Waals surface area contributed by atoms with Gasteiger partial charge in [-0.05, 0) is 98.1 Å². The fourth-order valence-corrected chi connectivity index (χ4v) is 7.36.